The maximum absolute atomic E-state index is 12.4. The van der Waals surface area contributed by atoms with E-state index in [1.165, 1.54) is 7.11 Å². The van der Waals surface area contributed by atoms with Crippen LogP contribution in [-0.4, -0.2) is 20.0 Å². The fraction of sp³-hybridized carbons (Fsp3) is 0.429. The van der Waals surface area contributed by atoms with E-state index in [1.807, 2.05) is 6.07 Å². The van der Waals surface area contributed by atoms with Gasteiger partial charge in [-0.1, -0.05) is 0 Å². The summed E-state index contributed by atoms with van der Waals surface area (Å²) in [6, 6.07) is 5.41. The Kier molecular flexibility index (Phi) is 3.97. The largest absolute Gasteiger partial charge is 0.497 e. The molecular weight excluding hydrogens is 230 g/mol. The Labute approximate surface area is 107 Å². The van der Waals surface area contributed by atoms with Gasteiger partial charge in [-0.3, -0.25) is 4.79 Å². The van der Waals surface area contributed by atoms with Crippen LogP contribution in [0.3, 0.4) is 0 Å². The molecule has 0 unspecified atom stereocenters. The van der Waals surface area contributed by atoms with Crippen LogP contribution >= 0.6 is 0 Å². The van der Waals surface area contributed by atoms with Gasteiger partial charge >= 0.3 is 0 Å². The summed E-state index contributed by atoms with van der Waals surface area (Å²) in [5.74, 6) is 0.804. The molecule has 0 spiro atoms. The Morgan fingerprint density at radius 3 is 2.33 bits per heavy atom. The van der Waals surface area contributed by atoms with Gasteiger partial charge in [-0.25, -0.2) is 0 Å². The molecule has 0 bridgehead atoms. The second kappa shape index (κ2) is 5.09. The topological polar surface area (TPSA) is 59.3 Å². The number of Topliss-reactive ketones (excluding diaryl/α,β-unsaturated/α-hetero) is 1. The standard InChI is InChI=1S/C14H17NO3/c1-9-6-10(17-4)7-11(18-5)12(9)13(16)14(2,3)8-15/h6-7H,1-5H3. The minimum atomic E-state index is -1.08. The number of carbonyl (C=O) groups is 1. The molecule has 0 aromatic heterocycles. The molecular formula is C14H17NO3. The average molecular weight is 247 g/mol. The van der Waals surface area contributed by atoms with Crippen molar-refractivity contribution in [2.45, 2.75) is 20.8 Å². The highest BCUT2D eigenvalue weighted by molar-refractivity contribution is 6.05. The normalized spacial score (nSPS) is 10.7. The first-order valence-corrected chi connectivity index (χ1v) is 5.56. The van der Waals surface area contributed by atoms with Crippen molar-refractivity contribution in [3.63, 3.8) is 0 Å². The lowest BCUT2D eigenvalue weighted by Crippen LogP contribution is -2.23. The summed E-state index contributed by atoms with van der Waals surface area (Å²) in [6.45, 7) is 4.99. The molecule has 96 valence electrons. The summed E-state index contributed by atoms with van der Waals surface area (Å²) >= 11 is 0. The summed E-state index contributed by atoms with van der Waals surface area (Å²) in [7, 11) is 3.04. The fourth-order valence-corrected chi connectivity index (χ4v) is 1.66. The zero-order valence-electron chi connectivity index (χ0n) is 11.3. The molecule has 4 heteroatoms. The number of methoxy groups -OCH3 is 2. The van der Waals surface area contributed by atoms with E-state index in [4.69, 9.17) is 14.7 Å². The van der Waals surface area contributed by atoms with Crippen LogP contribution in [0.4, 0.5) is 0 Å². The van der Waals surface area contributed by atoms with Crippen molar-refractivity contribution in [2.75, 3.05) is 14.2 Å². The summed E-state index contributed by atoms with van der Waals surface area (Å²) in [4.78, 5) is 12.4. The molecule has 1 aromatic rings. The van der Waals surface area contributed by atoms with Gasteiger partial charge in [0, 0.05) is 6.07 Å². The number of nitrogens with zero attached hydrogens (tertiary/aromatic N) is 1. The smallest absolute Gasteiger partial charge is 0.186 e. The van der Waals surface area contributed by atoms with Gasteiger partial charge in [0.1, 0.15) is 16.9 Å². The molecule has 18 heavy (non-hydrogen) atoms. The number of benzene rings is 1. The Balaban J connectivity index is 3.42. The second-order valence-corrected chi connectivity index (χ2v) is 4.59. The molecule has 0 aliphatic carbocycles. The van der Waals surface area contributed by atoms with E-state index in [9.17, 15) is 4.79 Å². The van der Waals surface area contributed by atoms with Gasteiger partial charge < -0.3 is 9.47 Å². The van der Waals surface area contributed by atoms with Crippen LogP contribution in [0, 0.1) is 23.7 Å². The molecule has 0 fully saturated rings. The van der Waals surface area contributed by atoms with Gasteiger partial charge in [0.2, 0.25) is 0 Å². The van der Waals surface area contributed by atoms with E-state index in [2.05, 4.69) is 0 Å². The van der Waals surface area contributed by atoms with Gasteiger partial charge in [0.15, 0.2) is 5.78 Å². The monoisotopic (exact) mass is 247 g/mol. The summed E-state index contributed by atoms with van der Waals surface area (Å²) in [6.07, 6.45) is 0. The number of aryl methyl sites for hydroxylation is 1. The quantitative estimate of drug-likeness (QED) is 0.767. The van der Waals surface area contributed by atoms with Crippen LogP contribution in [-0.2, 0) is 0 Å². The third-order valence-electron chi connectivity index (χ3n) is 2.80. The number of hydrogen-bond donors (Lipinski definition) is 0. The number of ether oxygens (including phenoxy) is 2. The summed E-state index contributed by atoms with van der Waals surface area (Å²) in [5, 5.41) is 9.04. The highest BCUT2D eigenvalue weighted by Gasteiger charge is 2.32. The van der Waals surface area contributed by atoms with Gasteiger partial charge in [-0.05, 0) is 32.4 Å². The highest BCUT2D eigenvalue weighted by atomic mass is 16.5. The minimum Gasteiger partial charge on any atom is -0.497 e. The average Bonchev–Trinajstić information content (AvgIpc) is 2.36. The predicted molar refractivity (Wildman–Crippen MR) is 68.0 cm³/mol. The van der Waals surface area contributed by atoms with Crippen molar-refractivity contribution in [2.24, 2.45) is 5.41 Å². The van der Waals surface area contributed by atoms with Crippen molar-refractivity contribution in [1.29, 1.82) is 5.26 Å². The first kappa shape index (κ1) is 14.0. The molecule has 0 aliphatic rings. The lowest BCUT2D eigenvalue weighted by Gasteiger charge is -2.18. The van der Waals surface area contributed by atoms with E-state index in [0.29, 0.717) is 17.1 Å². The van der Waals surface area contributed by atoms with Gasteiger partial charge in [0.05, 0.1) is 25.9 Å². The molecule has 4 nitrogen and oxygen atoms in total. The van der Waals surface area contributed by atoms with Crippen LogP contribution in [0.15, 0.2) is 12.1 Å². The minimum absolute atomic E-state index is 0.248. The molecule has 0 saturated heterocycles. The molecule has 0 saturated carbocycles. The van der Waals surface area contributed by atoms with E-state index < -0.39 is 5.41 Å². The first-order valence-electron chi connectivity index (χ1n) is 5.56. The molecule has 0 radical (unpaired) electrons. The van der Waals surface area contributed by atoms with E-state index in [1.54, 1.807) is 40.0 Å². The van der Waals surface area contributed by atoms with Crippen molar-refractivity contribution >= 4 is 5.78 Å². The van der Waals surface area contributed by atoms with Crippen LogP contribution in [0.1, 0.15) is 29.8 Å². The SMILES string of the molecule is COc1cc(C)c(C(=O)C(C)(C)C#N)c(OC)c1. The van der Waals surface area contributed by atoms with Gasteiger partial charge in [-0.15, -0.1) is 0 Å². The van der Waals surface area contributed by atoms with E-state index in [0.717, 1.165) is 5.56 Å². The summed E-state index contributed by atoms with van der Waals surface area (Å²) < 4.78 is 10.3. The molecule has 1 rings (SSSR count). The van der Waals surface area contributed by atoms with Crippen LogP contribution in [0.2, 0.25) is 0 Å². The van der Waals surface area contributed by atoms with Crippen molar-refractivity contribution in [1.82, 2.24) is 0 Å². The zero-order chi connectivity index (χ0) is 13.9. The number of rotatable bonds is 4. The maximum Gasteiger partial charge on any atom is 0.186 e. The second-order valence-electron chi connectivity index (χ2n) is 4.59. The Hall–Kier alpha value is -2.02. The van der Waals surface area contributed by atoms with Crippen LogP contribution < -0.4 is 9.47 Å². The third-order valence-corrected chi connectivity index (χ3v) is 2.80. The van der Waals surface area contributed by atoms with E-state index in [-0.39, 0.29) is 5.78 Å². The Morgan fingerprint density at radius 1 is 1.28 bits per heavy atom. The van der Waals surface area contributed by atoms with Gasteiger partial charge in [-0.2, -0.15) is 5.26 Å². The van der Waals surface area contributed by atoms with Gasteiger partial charge in [0.25, 0.3) is 0 Å². The lowest BCUT2D eigenvalue weighted by molar-refractivity contribution is 0.0888. The number of ketones is 1. The Morgan fingerprint density at radius 2 is 1.89 bits per heavy atom. The molecule has 1 aromatic carbocycles. The molecule has 0 aliphatic heterocycles. The number of nitriles is 1. The molecule has 0 N–H and O–H groups in total. The number of hydrogen-bond acceptors (Lipinski definition) is 4. The maximum atomic E-state index is 12.4. The van der Waals surface area contributed by atoms with Crippen molar-refractivity contribution in [3.05, 3.63) is 23.3 Å². The van der Waals surface area contributed by atoms with Crippen LogP contribution in [0.5, 0.6) is 11.5 Å². The molecule has 0 heterocycles. The first-order chi connectivity index (χ1) is 8.37. The molecule has 0 amide bonds. The van der Waals surface area contributed by atoms with E-state index >= 15 is 0 Å². The van der Waals surface area contributed by atoms with Crippen LogP contribution in [0.25, 0.3) is 0 Å². The third kappa shape index (κ3) is 2.45. The molecule has 0 atom stereocenters. The predicted octanol–water partition coefficient (Wildman–Crippen LogP) is 2.74. The van der Waals surface area contributed by atoms with Crippen molar-refractivity contribution < 1.29 is 14.3 Å². The highest BCUT2D eigenvalue weighted by Crippen LogP contribution is 2.33. The number of carbonyl (C=O) groups excluding carboxylic acids is 1. The zero-order valence-corrected chi connectivity index (χ0v) is 11.3. The summed E-state index contributed by atoms with van der Waals surface area (Å²) in [5.41, 5.74) is 0.0940. The lowest BCUT2D eigenvalue weighted by atomic mass is 9.84. The Bertz CT molecular complexity index is 513. The van der Waals surface area contributed by atoms with Crippen molar-refractivity contribution in [3.8, 4) is 17.6 Å². The fourth-order valence-electron chi connectivity index (χ4n) is 1.66.